The predicted octanol–water partition coefficient (Wildman–Crippen LogP) is 3.41. The van der Waals surface area contributed by atoms with Gasteiger partial charge in [-0.15, -0.1) is 0 Å². The van der Waals surface area contributed by atoms with Crippen LogP contribution in [0.3, 0.4) is 0 Å². The molecule has 6 heteroatoms. The first-order chi connectivity index (χ1) is 11.4. The first kappa shape index (κ1) is 17.5. The van der Waals surface area contributed by atoms with Crippen LogP contribution in [0.1, 0.15) is 28.4 Å². The van der Waals surface area contributed by atoms with E-state index in [1.807, 2.05) is 38.1 Å². The van der Waals surface area contributed by atoms with Crippen LogP contribution in [0.25, 0.3) is 0 Å². The second-order valence-electron chi connectivity index (χ2n) is 5.71. The van der Waals surface area contributed by atoms with Gasteiger partial charge in [0.2, 0.25) is 0 Å². The van der Waals surface area contributed by atoms with E-state index in [2.05, 4.69) is 5.32 Å². The molecule has 126 valence electrons. The second-order valence-corrected chi connectivity index (χ2v) is 5.71. The van der Waals surface area contributed by atoms with Gasteiger partial charge in [-0.25, -0.2) is 0 Å². The van der Waals surface area contributed by atoms with E-state index in [1.165, 1.54) is 12.1 Å². The molecule has 0 fully saturated rings. The zero-order valence-corrected chi connectivity index (χ0v) is 13.9. The van der Waals surface area contributed by atoms with Crippen LogP contribution in [0.4, 0.5) is 5.69 Å². The van der Waals surface area contributed by atoms with E-state index in [0.717, 1.165) is 11.3 Å². The maximum absolute atomic E-state index is 12.3. The molecule has 0 aliphatic heterocycles. The Kier molecular flexibility index (Phi) is 5.52. The highest BCUT2D eigenvalue weighted by atomic mass is 16.6. The van der Waals surface area contributed by atoms with Gasteiger partial charge < -0.3 is 10.1 Å². The number of nitrogens with zero attached hydrogens (tertiary/aromatic N) is 1. The molecule has 2 aromatic carbocycles. The summed E-state index contributed by atoms with van der Waals surface area (Å²) in [5.74, 6) is 0.379. The fraction of sp³-hybridized carbons (Fsp3) is 0.278. The van der Waals surface area contributed by atoms with E-state index in [1.54, 1.807) is 13.0 Å². The van der Waals surface area contributed by atoms with E-state index in [-0.39, 0.29) is 17.6 Å². The van der Waals surface area contributed by atoms with Gasteiger partial charge in [0, 0.05) is 17.2 Å². The Hall–Kier alpha value is -2.89. The molecule has 1 atom stereocenters. The number of aryl methyl sites for hydroxylation is 1. The number of nitro groups is 1. The number of hydrogen-bond donors (Lipinski definition) is 1. The van der Waals surface area contributed by atoms with Crippen molar-refractivity contribution in [3.8, 4) is 5.75 Å². The summed E-state index contributed by atoms with van der Waals surface area (Å²) >= 11 is 0. The zero-order valence-electron chi connectivity index (χ0n) is 13.9. The number of benzene rings is 2. The Morgan fingerprint density at radius 2 is 1.88 bits per heavy atom. The second kappa shape index (κ2) is 7.59. The van der Waals surface area contributed by atoms with Gasteiger partial charge in [0.05, 0.1) is 11.0 Å². The lowest BCUT2D eigenvalue weighted by Gasteiger charge is -2.16. The first-order valence-electron chi connectivity index (χ1n) is 7.63. The van der Waals surface area contributed by atoms with Crippen molar-refractivity contribution in [1.29, 1.82) is 0 Å². The van der Waals surface area contributed by atoms with Gasteiger partial charge in [0.1, 0.15) is 12.4 Å². The van der Waals surface area contributed by atoms with Crippen molar-refractivity contribution >= 4 is 11.6 Å². The molecule has 0 aliphatic carbocycles. The molecule has 0 aromatic heterocycles. The molecule has 6 nitrogen and oxygen atoms in total. The van der Waals surface area contributed by atoms with Crippen LogP contribution < -0.4 is 10.1 Å². The quantitative estimate of drug-likeness (QED) is 0.651. The van der Waals surface area contributed by atoms with Crippen molar-refractivity contribution in [3.05, 3.63) is 69.3 Å². The van der Waals surface area contributed by atoms with Crippen LogP contribution in [0.2, 0.25) is 0 Å². The average Bonchev–Trinajstić information content (AvgIpc) is 2.54. The molecule has 1 amide bonds. The summed E-state index contributed by atoms with van der Waals surface area (Å²) in [6.45, 7) is 5.69. The summed E-state index contributed by atoms with van der Waals surface area (Å²) in [6.07, 6.45) is 0. The van der Waals surface area contributed by atoms with Crippen LogP contribution in [0.5, 0.6) is 5.75 Å². The summed E-state index contributed by atoms with van der Waals surface area (Å²) < 4.78 is 5.63. The summed E-state index contributed by atoms with van der Waals surface area (Å²) in [7, 11) is 0. The molecule has 2 aromatic rings. The van der Waals surface area contributed by atoms with Crippen molar-refractivity contribution < 1.29 is 14.5 Å². The molecular weight excluding hydrogens is 308 g/mol. The third-order valence-corrected chi connectivity index (χ3v) is 3.65. The number of ether oxygens (including phenoxy) is 1. The molecule has 0 bridgehead atoms. The van der Waals surface area contributed by atoms with E-state index in [4.69, 9.17) is 4.74 Å². The van der Waals surface area contributed by atoms with Gasteiger partial charge in [0.15, 0.2) is 0 Å². The highest BCUT2D eigenvalue weighted by Crippen LogP contribution is 2.21. The molecule has 0 unspecified atom stereocenters. The van der Waals surface area contributed by atoms with Gasteiger partial charge >= 0.3 is 0 Å². The minimum atomic E-state index is -0.490. The van der Waals surface area contributed by atoms with Crippen LogP contribution >= 0.6 is 0 Å². The maximum atomic E-state index is 12.3. The molecule has 2 rings (SSSR count). The van der Waals surface area contributed by atoms with Crippen LogP contribution in [0.15, 0.2) is 42.5 Å². The van der Waals surface area contributed by atoms with Crippen LogP contribution in [-0.4, -0.2) is 23.5 Å². The average molecular weight is 328 g/mol. The summed E-state index contributed by atoms with van der Waals surface area (Å²) in [5.41, 5.74) is 1.73. The lowest BCUT2D eigenvalue weighted by atomic mass is 10.1. The maximum Gasteiger partial charge on any atom is 0.273 e. The minimum absolute atomic E-state index is 0.0637. The summed E-state index contributed by atoms with van der Waals surface area (Å²) in [6, 6.07) is 11.9. The number of nitro benzene ring substituents is 1. The van der Waals surface area contributed by atoms with Crippen molar-refractivity contribution in [2.45, 2.75) is 26.8 Å². The predicted molar refractivity (Wildman–Crippen MR) is 91.4 cm³/mol. The Morgan fingerprint density at radius 3 is 2.50 bits per heavy atom. The largest absolute Gasteiger partial charge is 0.491 e. The zero-order chi connectivity index (χ0) is 17.7. The van der Waals surface area contributed by atoms with Crippen LogP contribution in [0, 0.1) is 24.0 Å². The van der Waals surface area contributed by atoms with E-state index in [9.17, 15) is 14.9 Å². The van der Waals surface area contributed by atoms with Crippen molar-refractivity contribution in [2.75, 3.05) is 6.61 Å². The molecule has 0 radical (unpaired) electrons. The fourth-order valence-corrected chi connectivity index (χ4v) is 2.27. The molecule has 0 saturated heterocycles. The fourth-order valence-electron chi connectivity index (χ4n) is 2.27. The Bertz CT molecular complexity index is 741. The van der Waals surface area contributed by atoms with Gasteiger partial charge in [0.25, 0.3) is 11.6 Å². The summed E-state index contributed by atoms with van der Waals surface area (Å²) in [5, 5.41) is 13.8. The van der Waals surface area contributed by atoms with Crippen molar-refractivity contribution in [1.82, 2.24) is 5.32 Å². The number of rotatable bonds is 6. The van der Waals surface area contributed by atoms with Gasteiger partial charge in [-0.05, 0) is 39.0 Å². The highest BCUT2D eigenvalue weighted by Gasteiger charge is 2.19. The topological polar surface area (TPSA) is 81.5 Å². The molecule has 0 saturated carbocycles. The lowest BCUT2D eigenvalue weighted by Crippen LogP contribution is -2.37. The Labute approximate surface area is 140 Å². The van der Waals surface area contributed by atoms with E-state index < -0.39 is 4.92 Å². The Morgan fingerprint density at radius 1 is 1.21 bits per heavy atom. The number of carbonyl (C=O) groups excluding carboxylic acids is 1. The van der Waals surface area contributed by atoms with Gasteiger partial charge in [-0.3, -0.25) is 14.9 Å². The van der Waals surface area contributed by atoms with E-state index >= 15 is 0 Å². The third kappa shape index (κ3) is 4.32. The molecular formula is C18H20N2O4. The smallest absolute Gasteiger partial charge is 0.273 e. The van der Waals surface area contributed by atoms with Gasteiger partial charge in [-0.1, -0.05) is 23.8 Å². The normalized spacial score (nSPS) is 11.6. The van der Waals surface area contributed by atoms with Gasteiger partial charge in [-0.2, -0.15) is 0 Å². The number of amides is 1. The summed E-state index contributed by atoms with van der Waals surface area (Å²) in [4.78, 5) is 22.8. The van der Waals surface area contributed by atoms with Crippen molar-refractivity contribution in [3.63, 3.8) is 0 Å². The standard InChI is InChI=1S/C18H20N2O4/c1-12-7-9-15(10-8-12)24-11-13(2)19-18(21)16-5-4-6-17(14(16)3)20(22)23/h4-10,13H,11H2,1-3H3,(H,19,21)/t13-/m0/s1. The molecule has 0 aliphatic rings. The highest BCUT2D eigenvalue weighted by molar-refractivity contribution is 5.96. The number of hydrogen-bond acceptors (Lipinski definition) is 4. The first-order valence-corrected chi connectivity index (χ1v) is 7.63. The third-order valence-electron chi connectivity index (χ3n) is 3.65. The number of carbonyl (C=O) groups is 1. The molecule has 1 N–H and O–H groups in total. The lowest BCUT2D eigenvalue weighted by molar-refractivity contribution is -0.385. The molecule has 0 spiro atoms. The van der Waals surface area contributed by atoms with Crippen LogP contribution in [-0.2, 0) is 0 Å². The number of nitrogens with one attached hydrogen (secondary N) is 1. The van der Waals surface area contributed by atoms with E-state index in [0.29, 0.717) is 17.7 Å². The van der Waals surface area contributed by atoms with Crippen molar-refractivity contribution in [2.24, 2.45) is 0 Å². The molecule has 24 heavy (non-hydrogen) atoms. The minimum Gasteiger partial charge on any atom is -0.491 e. The SMILES string of the molecule is Cc1ccc(OC[C@H](C)NC(=O)c2cccc([N+](=O)[O-])c2C)cc1. The monoisotopic (exact) mass is 328 g/mol. The molecule has 0 heterocycles. The Balaban J connectivity index is 1.97.